The number of rotatable bonds is 6. The summed E-state index contributed by atoms with van der Waals surface area (Å²) >= 11 is 5.39. The van der Waals surface area contributed by atoms with Gasteiger partial charge in [0.05, 0.1) is 6.10 Å². The third-order valence-electron chi connectivity index (χ3n) is 2.72. The summed E-state index contributed by atoms with van der Waals surface area (Å²) in [5, 5.41) is 9.56. The van der Waals surface area contributed by atoms with Crippen LogP contribution in [0.3, 0.4) is 0 Å². The van der Waals surface area contributed by atoms with Crippen molar-refractivity contribution in [1.29, 1.82) is 0 Å². The fraction of sp³-hybridized carbons (Fsp3) is 0.538. The first-order chi connectivity index (χ1) is 8.06. The van der Waals surface area contributed by atoms with E-state index in [1.54, 1.807) is 6.92 Å². The zero-order valence-corrected chi connectivity index (χ0v) is 13.0. The molecule has 0 aromatic heterocycles. The third kappa shape index (κ3) is 4.53. The Kier molecular flexibility index (Phi) is 6.38. The summed E-state index contributed by atoms with van der Waals surface area (Å²) in [4.78, 5) is 2.24. The highest BCUT2D eigenvalue weighted by Crippen LogP contribution is 2.27. The molecule has 0 aliphatic heterocycles. The lowest BCUT2D eigenvalue weighted by molar-refractivity contribution is 0.198. The molecule has 4 heteroatoms. The lowest BCUT2D eigenvalue weighted by Gasteiger charge is -2.20. The van der Waals surface area contributed by atoms with Crippen molar-refractivity contribution in [1.82, 2.24) is 0 Å². The molecular formula is C13H20BrNOS. The fourth-order valence-electron chi connectivity index (χ4n) is 1.67. The van der Waals surface area contributed by atoms with Crippen molar-refractivity contribution in [2.45, 2.75) is 19.4 Å². The maximum absolute atomic E-state index is 9.56. The molecule has 0 heterocycles. The number of nitrogens with zero attached hydrogens (tertiary/aromatic N) is 1. The van der Waals surface area contributed by atoms with Crippen LogP contribution in [0.4, 0.5) is 5.69 Å². The van der Waals surface area contributed by atoms with Crippen molar-refractivity contribution < 1.29 is 5.11 Å². The maximum atomic E-state index is 9.56. The van der Waals surface area contributed by atoms with Gasteiger partial charge in [-0.05, 0) is 43.0 Å². The van der Waals surface area contributed by atoms with E-state index in [0.717, 1.165) is 16.6 Å². The minimum absolute atomic E-state index is 0.430. The van der Waals surface area contributed by atoms with E-state index in [9.17, 15) is 5.11 Å². The van der Waals surface area contributed by atoms with Crippen molar-refractivity contribution in [2.24, 2.45) is 0 Å². The Balaban J connectivity index is 2.69. The zero-order valence-electron chi connectivity index (χ0n) is 10.6. The second-order valence-electron chi connectivity index (χ2n) is 4.15. The molecule has 0 radical (unpaired) electrons. The first-order valence-corrected chi connectivity index (χ1v) is 7.92. The number of anilines is 1. The number of aliphatic hydroxyl groups is 1. The molecule has 0 saturated heterocycles. The number of hydrogen-bond acceptors (Lipinski definition) is 3. The van der Waals surface area contributed by atoms with Gasteiger partial charge in [-0.3, -0.25) is 0 Å². The topological polar surface area (TPSA) is 23.5 Å². The molecule has 0 aliphatic carbocycles. The van der Waals surface area contributed by atoms with Crippen LogP contribution in [-0.4, -0.2) is 30.7 Å². The van der Waals surface area contributed by atoms with E-state index in [4.69, 9.17) is 0 Å². The predicted octanol–water partition coefficient (Wildman–Crippen LogP) is 3.69. The molecule has 0 saturated carbocycles. The maximum Gasteiger partial charge on any atom is 0.0772 e. The van der Waals surface area contributed by atoms with Crippen LogP contribution in [0.1, 0.15) is 25.0 Å². The van der Waals surface area contributed by atoms with Gasteiger partial charge in [-0.2, -0.15) is 11.8 Å². The van der Waals surface area contributed by atoms with Gasteiger partial charge in [-0.1, -0.05) is 22.0 Å². The third-order valence-corrected chi connectivity index (χ3v) is 4.10. The van der Waals surface area contributed by atoms with Crippen LogP contribution < -0.4 is 4.90 Å². The van der Waals surface area contributed by atoms with Gasteiger partial charge in [0.2, 0.25) is 0 Å². The second-order valence-corrected chi connectivity index (χ2v) is 5.99. The lowest BCUT2D eigenvalue weighted by atomic mass is 10.1. The summed E-state index contributed by atoms with van der Waals surface area (Å²) in [5.41, 5.74) is 2.12. The number of aliphatic hydroxyl groups excluding tert-OH is 1. The molecule has 1 rings (SSSR count). The fourth-order valence-corrected chi connectivity index (χ4v) is 2.78. The van der Waals surface area contributed by atoms with Crippen molar-refractivity contribution in [2.75, 3.05) is 30.5 Å². The Morgan fingerprint density at radius 1 is 1.47 bits per heavy atom. The van der Waals surface area contributed by atoms with Crippen LogP contribution >= 0.6 is 27.7 Å². The Labute approximate surface area is 117 Å². The van der Waals surface area contributed by atoms with E-state index >= 15 is 0 Å². The Hall–Kier alpha value is -0.190. The van der Waals surface area contributed by atoms with Crippen LogP contribution in [0, 0.1) is 0 Å². The normalized spacial score (nSPS) is 12.5. The van der Waals surface area contributed by atoms with Gasteiger partial charge in [0.1, 0.15) is 0 Å². The van der Waals surface area contributed by atoms with Crippen LogP contribution in [0.25, 0.3) is 0 Å². The van der Waals surface area contributed by atoms with Gasteiger partial charge in [-0.15, -0.1) is 0 Å². The lowest BCUT2D eigenvalue weighted by Crippen LogP contribution is -2.19. The van der Waals surface area contributed by atoms with E-state index in [2.05, 4.69) is 46.3 Å². The molecule has 2 nitrogen and oxygen atoms in total. The number of thioether (sulfide) groups is 1. The molecule has 0 spiro atoms. The minimum Gasteiger partial charge on any atom is -0.389 e. The average Bonchev–Trinajstić information content (AvgIpc) is 2.28. The second kappa shape index (κ2) is 7.29. The minimum atomic E-state index is -0.430. The Morgan fingerprint density at radius 2 is 2.18 bits per heavy atom. The van der Waals surface area contributed by atoms with Gasteiger partial charge >= 0.3 is 0 Å². The van der Waals surface area contributed by atoms with E-state index in [0.29, 0.717) is 0 Å². The summed E-state index contributed by atoms with van der Waals surface area (Å²) in [6, 6.07) is 6.11. The Bertz CT molecular complexity index is 357. The average molecular weight is 318 g/mol. The molecular weight excluding hydrogens is 298 g/mol. The largest absolute Gasteiger partial charge is 0.389 e. The SMILES string of the molecule is CSCCCN(C)c1ccc(C(C)O)c(Br)c1. The van der Waals surface area contributed by atoms with Gasteiger partial charge in [0.25, 0.3) is 0 Å². The standard InChI is InChI=1S/C13H20BrNOS/c1-10(16)12-6-5-11(9-13(12)14)15(2)7-4-8-17-3/h5-6,9-10,16H,4,7-8H2,1-3H3. The van der Waals surface area contributed by atoms with E-state index in [1.165, 1.54) is 17.9 Å². The quantitative estimate of drug-likeness (QED) is 0.809. The zero-order chi connectivity index (χ0) is 12.8. The summed E-state index contributed by atoms with van der Waals surface area (Å²) < 4.78 is 0.974. The van der Waals surface area contributed by atoms with Crippen LogP contribution in [0.15, 0.2) is 22.7 Å². The van der Waals surface area contributed by atoms with E-state index in [-0.39, 0.29) is 0 Å². The van der Waals surface area contributed by atoms with Gasteiger partial charge in [-0.25, -0.2) is 0 Å². The molecule has 0 aliphatic rings. The first-order valence-electron chi connectivity index (χ1n) is 5.74. The summed E-state index contributed by atoms with van der Waals surface area (Å²) in [6.07, 6.45) is 2.89. The summed E-state index contributed by atoms with van der Waals surface area (Å²) in [6.45, 7) is 2.84. The molecule has 1 aromatic rings. The van der Waals surface area contributed by atoms with Crippen molar-refractivity contribution in [3.63, 3.8) is 0 Å². The molecule has 1 unspecified atom stereocenters. The monoisotopic (exact) mass is 317 g/mol. The molecule has 1 aromatic carbocycles. The predicted molar refractivity (Wildman–Crippen MR) is 81.0 cm³/mol. The molecule has 1 N–H and O–H groups in total. The highest BCUT2D eigenvalue weighted by molar-refractivity contribution is 9.10. The summed E-state index contributed by atoms with van der Waals surface area (Å²) in [5.74, 6) is 1.19. The molecule has 1 atom stereocenters. The van der Waals surface area contributed by atoms with Gasteiger partial charge in [0.15, 0.2) is 0 Å². The van der Waals surface area contributed by atoms with Gasteiger partial charge in [0, 0.05) is 23.8 Å². The molecule has 0 amide bonds. The van der Waals surface area contributed by atoms with E-state index in [1.807, 2.05) is 17.8 Å². The van der Waals surface area contributed by atoms with Crippen LogP contribution in [0.2, 0.25) is 0 Å². The van der Waals surface area contributed by atoms with Crippen molar-refractivity contribution in [3.8, 4) is 0 Å². The van der Waals surface area contributed by atoms with E-state index < -0.39 is 6.10 Å². The highest BCUT2D eigenvalue weighted by atomic mass is 79.9. The van der Waals surface area contributed by atoms with Crippen molar-refractivity contribution in [3.05, 3.63) is 28.2 Å². The molecule has 0 bridgehead atoms. The van der Waals surface area contributed by atoms with Gasteiger partial charge < -0.3 is 10.0 Å². The first kappa shape index (κ1) is 14.9. The van der Waals surface area contributed by atoms with Crippen LogP contribution in [0.5, 0.6) is 0 Å². The highest BCUT2D eigenvalue weighted by Gasteiger charge is 2.08. The molecule has 96 valence electrons. The number of benzene rings is 1. The Morgan fingerprint density at radius 3 is 2.71 bits per heavy atom. The van der Waals surface area contributed by atoms with Crippen molar-refractivity contribution >= 4 is 33.4 Å². The number of halogens is 1. The summed E-state index contributed by atoms with van der Waals surface area (Å²) in [7, 11) is 2.10. The van der Waals surface area contributed by atoms with Crippen LogP contribution in [-0.2, 0) is 0 Å². The molecule has 17 heavy (non-hydrogen) atoms. The number of hydrogen-bond donors (Lipinski definition) is 1. The smallest absolute Gasteiger partial charge is 0.0772 e. The molecule has 0 fully saturated rings.